The number of halogens is 1. The third-order valence-corrected chi connectivity index (χ3v) is 7.59. The van der Waals surface area contributed by atoms with Crippen LogP contribution in [-0.2, 0) is 11.5 Å². The molecule has 0 radical (unpaired) electrons. The Morgan fingerprint density at radius 1 is 1.28 bits per heavy atom. The number of methoxy groups -OCH3 is 1. The van der Waals surface area contributed by atoms with E-state index < -0.39 is 13.9 Å². The van der Waals surface area contributed by atoms with Gasteiger partial charge in [0.15, 0.2) is 11.5 Å². The molecule has 0 aliphatic carbocycles. The highest BCUT2D eigenvalue weighted by atomic mass is 28.3. The fraction of sp³-hybridized carbons (Fsp3) is 0.609. The molecule has 0 bridgehead atoms. The Kier molecular flexibility index (Phi) is 8.05. The highest BCUT2D eigenvalue weighted by Gasteiger charge is 2.29. The van der Waals surface area contributed by atoms with Crippen LogP contribution in [0.25, 0.3) is 11.3 Å². The molecule has 7 nitrogen and oxygen atoms in total. The van der Waals surface area contributed by atoms with E-state index in [0.29, 0.717) is 23.9 Å². The molecule has 0 aromatic carbocycles. The summed E-state index contributed by atoms with van der Waals surface area (Å²) in [5, 5.41) is 4.54. The van der Waals surface area contributed by atoms with Crippen LogP contribution in [0.5, 0.6) is 5.88 Å². The molecule has 1 saturated heterocycles. The van der Waals surface area contributed by atoms with Gasteiger partial charge >= 0.3 is 0 Å². The molecule has 3 rings (SSSR count). The maximum absolute atomic E-state index is 14.7. The predicted octanol–water partition coefficient (Wildman–Crippen LogP) is 4.81. The smallest absolute Gasteiger partial charge is 0.274 e. The van der Waals surface area contributed by atoms with E-state index in [9.17, 15) is 9.18 Å². The molecule has 176 valence electrons. The summed E-state index contributed by atoms with van der Waals surface area (Å²) >= 11 is 0. The van der Waals surface area contributed by atoms with Crippen molar-refractivity contribution in [2.45, 2.75) is 71.1 Å². The second-order valence-corrected chi connectivity index (χ2v) is 15.1. The van der Waals surface area contributed by atoms with E-state index in [0.717, 1.165) is 44.5 Å². The first-order valence-electron chi connectivity index (χ1n) is 11.4. The lowest BCUT2D eigenvalue weighted by atomic mass is 9.99. The Hall–Kier alpha value is -2.26. The SMILES string of the molecule is CCC1CCCCN1C(=O)c1cc(-c2cc(OC)ncc2F)n(COCC[Si](C)(C)C)n1. The third kappa shape index (κ3) is 5.95. The van der Waals surface area contributed by atoms with E-state index >= 15 is 0 Å². The number of hydrogen-bond acceptors (Lipinski definition) is 5. The molecule has 2 aromatic rings. The Morgan fingerprint density at radius 2 is 2.06 bits per heavy atom. The molecule has 1 aliphatic heterocycles. The fourth-order valence-corrected chi connectivity index (χ4v) is 4.69. The number of aromatic nitrogens is 3. The topological polar surface area (TPSA) is 69.5 Å². The van der Waals surface area contributed by atoms with E-state index in [-0.39, 0.29) is 24.2 Å². The van der Waals surface area contributed by atoms with Crippen LogP contribution in [0.3, 0.4) is 0 Å². The van der Waals surface area contributed by atoms with Gasteiger partial charge in [-0.1, -0.05) is 26.6 Å². The molecule has 1 aliphatic rings. The molecular formula is C23H35FN4O3Si. The van der Waals surface area contributed by atoms with E-state index in [1.807, 2.05) is 4.90 Å². The van der Waals surface area contributed by atoms with E-state index in [1.54, 1.807) is 10.7 Å². The van der Waals surface area contributed by atoms with Crippen molar-refractivity contribution in [3.05, 3.63) is 29.8 Å². The molecule has 9 heteroatoms. The van der Waals surface area contributed by atoms with Crippen molar-refractivity contribution in [3.63, 3.8) is 0 Å². The average molecular weight is 463 g/mol. The summed E-state index contributed by atoms with van der Waals surface area (Å²) in [5.41, 5.74) is 1.07. The normalized spacial score (nSPS) is 16.9. The number of carbonyl (C=O) groups is 1. The Labute approximate surface area is 190 Å². The number of nitrogens with zero attached hydrogens (tertiary/aromatic N) is 4. The van der Waals surface area contributed by atoms with Crippen LogP contribution in [0.15, 0.2) is 18.3 Å². The van der Waals surface area contributed by atoms with Gasteiger partial charge < -0.3 is 14.4 Å². The van der Waals surface area contributed by atoms with Crippen LogP contribution in [-0.4, -0.2) is 59.9 Å². The van der Waals surface area contributed by atoms with Gasteiger partial charge in [0.25, 0.3) is 5.91 Å². The van der Waals surface area contributed by atoms with Gasteiger partial charge in [-0.05, 0) is 37.8 Å². The lowest BCUT2D eigenvalue weighted by Crippen LogP contribution is -2.43. The van der Waals surface area contributed by atoms with E-state index in [1.165, 1.54) is 13.2 Å². The summed E-state index contributed by atoms with van der Waals surface area (Å²) in [6.07, 6.45) is 5.17. The minimum atomic E-state index is -1.24. The maximum Gasteiger partial charge on any atom is 0.274 e. The van der Waals surface area contributed by atoms with Gasteiger partial charge in [-0.2, -0.15) is 5.10 Å². The summed E-state index contributed by atoms with van der Waals surface area (Å²) in [6, 6.07) is 4.41. The summed E-state index contributed by atoms with van der Waals surface area (Å²) in [5.74, 6) is -0.318. The van der Waals surface area contributed by atoms with Crippen molar-refractivity contribution in [2.75, 3.05) is 20.3 Å². The predicted molar refractivity (Wildman–Crippen MR) is 125 cm³/mol. The number of likely N-dealkylation sites (tertiary alicyclic amines) is 1. The van der Waals surface area contributed by atoms with Gasteiger partial charge in [0.2, 0.25) is 5.88 Å². The summed E-state index contributed by atoms with van der Waals surface area (Å²) in [6.45, 7) is 10.4. The van der Waals surface area contributed by atoms with Crippen molar-refractivity contribution in [2.24, 2.45) is 0 Å². The Morgan fingerprint density at radius 3 is 2.75 bits per heavy atom. The van der Waals surface area contributed by atoms with E-state index in [2.05, 4.69) is 36.6 Å². The second-order valence-electron chi connectivity index (χ2n) is 9.53. The standard InChI is InChI=1S/C23H35FN4O3Si/c1-6-17-9-7-8-10-27(17)23(29)20-14-21(18-13-22(30-2)25-15-19(18)24)28(26-20)16-31-11-12-32(3,4)5/h13-15,17H,6-12,16H2,1-5H3. The first kappa shape index (κ1) is 24.4. The maximum atomic E-state index is 14.7. The van der Waals surface area contributed by atoms with Crippen LogP contribution < -0.4 is 4.74 Å². The highest BCUT2D eigenvalue weighted by molar-refractivity contribution is 6.76. The van der Waals surface area contributed by atoms with Crippen LogP contribution >= 0.6 is 0 Å². The summed E-state index contributed by atoms with van der Waals surface area (Å²) in [4.78, 5) is 19.2. The fourth-order valence-electron chi connectivity index (χ4n) is 3.93. The Balaban J connectivity index is 1.91. The van der Waals surface area contributed by atoms with Gasteiger partial charge in [-0.3, -0.25) is 4.79 Å². The van der Waals surface area contributed by atoms with Crippen molar-refractivity contribution in [1.29, 1.82) is 0 Å². The van der Waals surface area contributed by atoms with Crippen LogP contribution in [0, 0.1) is 5.82 Å². The highest BCUT2D eigenvalue weighted by Crippen LogP contribution is 2.28. The van der Waals surface area contributed by atoms with Crippen molar-refractivity contribution >= 4 is 14.0 Å². The lowest BCUT2D eigenvalue weighted by Gasteiger charge is -2.34. The lowest BCUT2D eigenvalue weighted by molar-refractivity contribution is 0.0591. The molecule has 0 N–H and O–H groups in total. The number of rotatable bonds is 9. The zero-order valence-electron chi connectivity index (χ0n) is 19.9. The first-order chi connectivity index (χ1) is 15.2. The minimum absolute atomic E-state index is 0.111. The Bertz CT molecular complexity index is 928. The molecule has 32 heavy (non-hydrogen) atoms. The zero-order chi connectivity index (χ0) is 23.3. The van der Waals surface area contributed by atoms with Crippen LogP contribution in [0.2, 0.25) is 25.7 Å². The molecule has 1 atom stereocenters. The molecule has 3 heterocycles. The van der Waals surface area contributed by atoms with Gasteiger partial charge in [0.1, 0.15) is 6.73 Å². The number of piperidine rings is 1. The molecule has 0 saturated carbocycles. The van der Waals surface area contributed by atoms with Crippen molar-refractivity contribution < 1.29 is 18.7 Å². The largest absolute Gasteiger partial charge is 0.481 e. The molecule has 1 fully saturated rings. The molecule has 1 unspecified atom stereocenters. The van der Waals surface area contributed by atoms with Gasteiger partial charge in [-0.15, -0.1) is 0 Å². The van der Waals surface area contributed by atoms with Gasteiger partial charge in [-0.25, -0.2) is 14.1 Å². The minimum Gasteiger partial charge on any atom is -0.481 e. The first-order valence-corrected chi connectivity index (χ1v) is 15.1. The molecule has 0 spiro atoms. The number of amides is 1. The van der Waals surface area contributed by atoms with Crippen LogP contribution in [0.1, 0.15) is 43.1 Å². The van der Waals surface area contributed by atoms with Crippen molar-refractivity contribution in [3.8, 4) is 17.1 Å². The third-order valence-electron chi connectivity index (χ3n) is 5.88. The van der Waals surface area contributed by atoms with E-state index in [4.69, 9.17) is 9.47 Å². The van der Waals surface area contributed by atoms with Crippen molar-refractivity contribution in [1.82, 2.24) is 19.7 Å². The summed E-state index contributed by atoms with van der Waals surface area (Å²) in [7, 11) is 0.241. The van der Waals surface area contributed by atoms with Gasteiger partial charge in [0, 0.05) is 38.9 Å². The van der Waals surface area contributed by atoms with Crippen LogP contribution in [0.4, 0.5) is 4.39 Å². The second kappa shape index (κ2) is 10.6. The molecule has 2 aromatic heterocycles. The van der Waals surface area contributed by atoms with Gasteiger partial charge in [0.05, 0.1) is 19.0 Å². The number of carbonyl (C=O) groups excluding carboxylic acids is 1. The zero-order valence-corrected chi connectivity index (χ0v) is 20.9. The number of pyridine rings is 1. The quantitative estimate of drug-likeness (QED) is 0.395. The number of ether oxygens (including phenoxy) is 2. The average Bonchev–Trinajstić information content (AvgIpc) is 3.19. The summed E-state index contributed by atoms with van der Waals surface area (Å²) < 4.78 is 27.3. The number of hydrogen-bond donors (Lipinski definition) is 0. The molecular weight excluding hydrogens is 427 g/mol. The monoisotopic (exact) mass is 462 g/mol. The molecule has 1 amide bonds.